The van der Waals surface area contributed by atoms with Crippen LogP contribution in [-0.4, -0.2) is 46.2 Å². The first-order chi connectivity index (χ1) is 16.2. The van der Waals surface area contributed by atoms with Crippen molar-refractivity contribution in [3.63, 3.8) is 0 Å². The molecule has 4 rings (SSSR count). The van der Waals surface area contributed by atoms with Crippen LogP contribution in [0.2, 0.25) is 0 Å². The van der Waals surface area contributed by atoms with Crippen LogP contribution in [0, 0.1) is 0 Å². The van der Waals surface area contributed by atoms with Crippen LogP contribution >= 0.6 is 11.8 Å². The van der Waals surface area contributed by atoms with E-state index in [4.69, 9.17) is 9.84 Å². The molecular formula is C28H36N2O3S. The van der Waals surface area contributed by atoms with Gasteiger partial charge in [-0.1, -0.05) is 43.8 Å². The van der Waals surface area contributed by atoms with Crippen LogP contribution in [0.3, 0.4) is 0 Å². The van der Waals surface area contributed by atoms with Crippen molar-refractivity contribution in [3.8, 4) is 5.75 Å². The number of nitrogens with zero attached hydrogens (tertiary/aromatic N) is 1. The molecule has 182 valence electrons. The first-order valence-electron chi connectivity index (χ1n) is 11.9. The molecular weight excluding hydrogens is 444 g/mol. The van der Waals surface area contributed by atoms with Gasteiger partial charge in [0.05, 0.1) is 4.90 Å². The van der Waals surface area contributed by atoms with Crippen molar-refractivity contribution in [2.45, 2.75) is 62.9 Å². The summed E-state index contributed by atoms with van der Waals surface area (Å²) in [7, 11) is 0. The van der Waals surface area contributed by atoms with E-state index in [0.29, 0.717) is 0 Å². The van der Waals surface area contributed by atoms with Crippen LogP contribution in [0.1, 0.15) is 53.0 Å². The SMILES string of the molecule is CCC(=O)O.CCN1CC=C(c2c[nH]c3ccc(Sc4ccccc4OC(C)(C)C)cc23)CC1. The van der Waals surface area contributed by atoms with Gasteiger partial charge in [0.2, 0.25) is 0 Å². The zero-order valence-electron chi connectivity index (χ0n) is 20.9. The summed E-state index contributed by atoms with van der Waals surface area (Å²) in [5.74, 6) is 0.194. The maximum absolute atomic E-state index is 9.37. The summed E-state index contributed by atoms with van der Waals surface area (Å²) in [4.78, 5) is 17.7. The molecule has 1 aliphatic heterocycles. The van der Waals surface area contributed by atoms with Gasteiger partial charge < -0.3 is 14.8 Å². The fourth-order valence-electron chi connectivity index (χ4n) is 3.75. The number of aliphatic carboxylic acids is 1. The first kappa shape index (κ1) is 25.9. The van der Waals surface area contributed by atoms with Crippen molar-refractivity contribution < 1.29 is 14.6 Å². The average Bonchev–Trinajstić information content (AvgIpc) is 3.23. The summed E-state index contributed by atoms with van der Waals surface area (Å²) in [6.07, 6.45) is 5.89. The third-order valence-electron chi connectivity index (χ3n) is 5.54. The second-order valence-electron chi connectivity index (χ2n) is 9.29. The second-order valence-corrected chi connectivity index (χ2v) is 10.4. The molecule has 0 saturated heterocycles. The van der Waals surface area contributed by atoms with E-state index >= 15 is 0 Å². The number of ether oxygens (including phenoxy) is 1. The number of carboxylic acids is 1. The lowest BCUT2D eigenvalue weighted by Gasteiger charge is -2.24. The Bertz CT molecular complexity index is 1140. The Hall–Kier alpha value is -2.70. The smallest absolute Gasteiger partial charge is 0.303 e. The first-order valence-corrected chi connectivity index (χ1v) is 12.7. The molecule has 0 aliphatic carbocycles. The van der Waals surface area contributed by atoms with Crippen molar-refractivity contribution in [3.05, 3.63) is 60.3 Å². The number of rotatable bonds is 6. The highest BCUT2D eigenvalue weighted by atomic mass is 32.2. The molecule has 0 spiro atoms. The van der Waals surface area contributed by atoms with Gasteiger partial charge in [0.25, 0.3) is 0 Å². The van der Waals surface area contributed by atoms with E-state index in [1.165, 1.54) is 26.9 Å². The molecule has 0 amide bonds. The van der Waals surface area contributed by atoms with Crippen LogP contribution in [-0.2, 0) is 4.79 Å². The highest BCUT2D eigenvalue weighted by Crippen LogP contribution is 2.38. The number of para-hydroxylation sites is 1. The fourth-order valence-corrected chi connectivity index (χ4v) is 4.67. The van der Waals surface area contributed by atoms with Gasteiger partial charge >= 0.3 is 5.97 Å². The number of benzene rings is 2. The van der Waals surface area contributed by atoms with E-state index in [1.54, 1.807) is 18.7 Å². The van der Waals surface area contributed by atoms with Crippen LogP contribution in [0.5, 0.6) is 5.75 Å². The Labute approximate surface area is 207 Å². The van der Waals surface area contributed by atoms with Crippen LogP contribution in [0.25, 0.3) is 16.5 Å². The molecule has 2 aromatic carbocycles. The number of aromatic amines is 1. The van der Waals surface area contributed by atoms with Gasteiger partial charge in [0.15, 0.2) is 0 Å². The maximum atomic E-state index is 9.37. The lowest BCUT2D eigenvalue weighted by molar-refractivity contribution is -0.136. The Balaban J connectivity index is 0.000000588. The molecule has 0 fully saturated rings. The van der Waals surface area contributed by atoms with Gasteiger partial charge in [0, 0.05) is 47.1 Å². The standard InChI is InChI=1S/C25H30N2OS.C3H6O2/c1-5-27-14-12-18(13-15-27)21-17-26-22-11-10-19(16-20(21)22)29-24-9-7-6-8-23(24)28-25(2,3)4;1-2-3(4)5/h6-12,16-17,26H,5,13-15H2,1-4H3;2H2,1H3,(H,4,5). The summed E-state index contributed by atoms with van der Waals surface area (Å²) in [6.45, 7) is 13.4. The average molecular weight is 481 g/mol. The summed E-state index contributed by atoms with van der Waals surface area (Å²) < 4.78 is 6.18. The molecule has 6 heteroatoms. The Morgan fingerprint density at radius 3 is 2.53 bits per heavy atom. The van der Waals surface area contributed by atoms with Gasteiger partial charge in [-0.15, -0.1) is 0 Å². The quantitative estimate of drug-likeness (QED) is 0.394. The normalized spacial score (nSPS) is 14.3. The number of hydrogen-bond acceptors (Lipinski definition) is 4. The van der Waals surface area contributed by atoms with Gasteiger partial charge in [0.1, 0.15) is 11.4 Å². The zero-order chi connectivity index (χ0) is 24.7. The minimum absolute atomic E-state index is 0.214. The fraction of sp³-hybridized carbons (Fsp3) is 0.393. The molecule has 1 aliphatic rings. The van der Waals surface area contributed by atoms with Gasteiger partial charge in [-0.2, -0.15) is 0 Å². The minimum Gasteiger partial charge on any atom is -0.487 e. The summed E-state index contributed by atoms with van der Waals surface area (Å²) in [5.41, 5.74) is 3.79. The molecule has 5 nitrogen and oxygen atoms in total. The monoisotopic (exact) mass is 480 g/mol. The van der Waals surface area contributed by atoms with Crippen molar-refractivity contribution in [2.75, 3.05) is 19.6 Å². The summed E-state index contributed by atoms with van der Waals surface area (Å²) in [5, 5.41) is 9.03. The van der Waals surface area contributed by atoms with E-state index in [1.807, 2.05) is 6.07 Å². The van der Waals surface area contributed by atoms with E-state index < -0.39 is 5.97 Å². The van der Waals surface area contributed by atoms with Crippen molar-refractivity contribution in [1.29, 1.82) is 0 Å². The molecule has 1 aromatic heterocycles. The predicted octanol–water partition coefficient (Wildman–Crippen LogP) is 7.09. The topological polar surface area (TPSA) is 65.6 Å². The molecule has 2 N–H and O–H groups in total. The third kappa shape index (κ3) is 7.15. The van der Waals surface area contributed by atoms with Crippen LogP contribution in [0.15, 0.2) is 64.5 Å². The number of fused-ring (bicyclic) bond motifs is 1. The number of likely N-dealkylation sites (N-methyl/N-ethyl adjacent to an activating group) is 1. The largest absolute Gasteiger partial charge is 0.487 e. The predicted molar refractivity (Wildman–Crippen MR) is 142 cm³/mol. The van der Waals surface area contributed by atoms with E-state index in [0.717, 1.165) is 36.7 Å². The number of hydrogen-bond donors (Lipinski definition) is 2. The molecule has 0 atom stereocenters. The molecule has 0 bridgehead atoms. The number of carbonyl (C=O) groups is 1. The maximum Gasteiger partial charge on any atom is 0.303 e. The molecule has 0 saturated carbocycles. The van der Waals surface area contributed by atoms with Gasteiger partial charge in [-0.3, -0.25) is 9.69 Å². The summed E-state index contributed by atoms with van der Waals surface area (Å²) >= 11 is 1.77. The number of H-pyrrole nitrogens is 1. The number of aromatic nitrogens is 1. The van der Waals surface area contributed by atoms with E-state index in [2.05, 4.69) is 86.2 Å². The molecule has 0 unspecified atom stereocenters. The highest BCUT2D eigenvalue weighted by Gasteiger charge is 2.17. The Kier molecular flexibility index (Phi) is 8.86. The lowest BCUT2D eigenvalue weighted by atomic mass is 9.99. The molecule has 34 heavy (non-hydrogen) atoms. The Morgan fingerprint density at radius 1 is 1.18 bits per heavy atom. The molecule has 0 radical (unpaired) electrons. The van der Waals surface area contributed by atoms with E-state index in [9.17, 15) is 4.79 Å². The van der Waals surface area contributed by atoms with Crippen molar-refractivity contribution >= 4 is 34.2 Å². The lowest BCUT2D eigenvalue weighted by Crippen LogP contribution is -2.27. The highest BCUT2D eigenvalue weighted by molar-refractivity contribution is 7.99. The van der Waals surface area contributed by atoms with E-state index in [-0.39, 0.29) is 12.0 Å². The third-order valence-corrected chi connectivity index (χ3v) is 6.58. The Morgan fingerprint density at radius 2 is 1.91 bits per heavy atom. The van der Waals surface area contributed by atoms with Gasteiger partial charge in [-0.05, 0) is 69.6 Å². The summed E-state index contributed by atoms with van der Waals surface area (Å²) in [6, 6.07) is 15.0. The van der Waals surface area contributed by atoms with Crippen LogP contribution < -0.4 is 4.74 Å². The molecule has 3 aromatic rings. The second kappa shape index (κ2) is 11.6. The van der Waals surface area contributed by atoms with Gasteiger partial charge in [-0.25, -0.2) is 0 Å². The zero-order valence-corrected chi connectivity index (χ0v) is 21.7. The number of carboxylic acid groups (broad SMARTS) is 1. The molecule has 2 heterocycles. The van der Waals surface area contributed by atoms with Crippen molar-refractivity contribution in [1.82, 2.24) is 9.88 Å². The van der Waals surface area contributed by atoms with Crippen LogP contribution in [0.4, 0.5) is 0 Å². The van der Waals surface area contributed by atoms with Crippen molar-refractivity contribution in [2.24, 2.45) is 0 Å². The minimum atomic E-state index is -0.745. The number of nitrogens with one attached hydrogen (secondary N) is 1.